The normalized spacial score (nSPS) is 17.9. The molecule has 21 heavy (non-hydrogen) atoms. The molecule has 0 unspecified atom stereocenters. The summed E-state index contributed by atoms with van der Waals surface area (Å²) in [5, 5.41) is 3.28. The minimum absolute atomic E-state index is 0.142. The highest BCUT2D eigenvalue weighted by Crippen LogP contribution is 2.32. The van der Waals surface area contributed by atoms with Crippen molar-refractivity contribution < 1.29 is 8.42 Å². The fraction of sp³-hybridized carbons (Fsp3) is 0.500. The number of hydrogen-bond acceptors (Lipinski definition) is 3. The summed E-state index contributed by atoms with van der Waals surface area (Å²) in [7, 11) is -3.50. The van der Waals surface area contributed by atoms with Crippen LogP contribution >= 0.6 is 0 Å². The van der Waals surface area contributed by atoms with Gasteiger partial charge in [-0.15, -0.1) is 6.42 Å². The van der Waals surface area contributed by atoms with Gasteiger partial charge in [-0.25, -0.2) is 8.42 Å². The Hall–Kier alpha value is -1.51. The van der Waals surface area contributed by atoms with Crippen molar-refractivity contribution in [2.24, 2.45) is 5.92 Å². The van der Waals surface area contributed by atoms with Crippen LogP contribution in [0.2, 0.25) is 0 Å². The highest BCUT2D eigenvalue weighted by Gasteiger charge is 2.31. The molecule has 0 radical (unpaired) electrons. The monoisotopic (exact) mass is 304 g/mol. The molecule has 1 aliphatic heterocycles. The zero-order chi connectivity index (χ0) is 14.9. The molecule has 0 atom stereocenters. The van der Waals surface area contributed by atoms with Gasteiger partial charge in [0.2, 0.25) is 10.0 Å². The van der Waals surface area contributed by atoms with E-state index in [1.807, 2.05) is 6.07 Å². The Bertz CT molecular complexity index is 672. The van der Waals surface area contributed by atoms with E-state index in [2.05, 4.69) is 11.2 Å². The van der Waals surface area contributed by atoms with Crippen LogP contribution in [0.5, 0.6) is 0 Å². The maximum absolute atomic E-state index is 12.8. The number of sulfonamides is 1. The van der Waals surface area contributed by atoms with E-state index in [0.717, 1.165) is 37.9 Å². The first-order valence-corrected chi connectivity index (χ1v) is 8.85. The van der Waals surface area contributed by atoms with Gasteiger partial charge >= 0.3 is 0 Å². The van der Waals surface area contributed by atoms with E-state index in [9.17, 15) is 8.42 Å². The van der Waals surface area contributed by atoms with Gasteiger partial charge in [0.1, 0.15) is 0 Å². The fourth-order valence-corrected chi connectivity index (χ4v) is 4.14. The largest absolute Gasteiger partial charge is 0.385 e. The van der Waals surface area contributed by atoms with Gasteiger partial charge in [-0.2, -0.15) is 4.31 Å². The van der Waals surface area contributed by atoms with E-state index < -0.39 is 10.0 Å². The molecule has 112 valence electrons. The average molecular weight is 304 g/mol. The maximum atomic E-state index is 12.8. The van der Waals surface area contributed by atoms with Gasteiger partial charge in [0.15, 0.2) is 0 Å². The number of nitrogens with one attached hydrogen (secondary N) is 1. The predicted molar refractivity (Wildman–Crippen MR) is 83.6 cm³/mol. The van der Waals surface area contributed by atoms with Crippen LogP contribution in [0.25, 0.3) is 0 Å². The Kier molecular flexibility index (Phi) is 3.92. The molecule has 3 rings (SSSR count). The topological polar surface area (TPSA) is 49.4 Å². The van der Waals surface area contributed by atoms with Crippen molar-refractivity contribution in [3.63, 3.8) is 0 Å². The molecule has 1 fully saturated rings. The van der Waals surface area contributed by atoms with Crippen LogP contribution in [-0.2, 0) is 16.4 Å². The standard InChI is InChI=1S/C16H20N2O2S/c1-2-10-18(12-13-5-6-13)21(19,20)15-8-7-14-4-3-9-17-16(14)11-15/h1,7-8,11,13,17H,3-6,9-10,12H2. The lowest BCUT2D eigenvalue weighted by atomic mass is 10.0. The number of benzene rings is 1. The number of aryl methyl sites for hydroxylation is 1. The lowest BCUT2D eigenvalue weighted by Gasteiger charge is -2.22. The Balaban J connectivity index is 1.90. The van der Waals surface area contributed by atoms with Crippen molar-refractivity contribution in [2.45, 2.75) is 30.6 Å². The molecule has 1 N–H and O–H groups in total. The zero-order valence-corrected chi connectivity index (χ0v) is 12.8. The van der Waals surface area contributed by atoms with Crippen LogP contribution < -0.4 is 5.32 Å². The second kappa shape index (κ2) is 5.70. The van der Waals surface area contributed by atoms with Gasteiger partial charge in [-0.3, -0.25) is 0 Å². The summed E-state index contributed by atoms with van der Waals surface area (Å²) in [4.78, 5) is 0.339. The first-order chi connectivity index (χ1) is 10.1. The van der Waals surface area contributed by atoms with Crippen molar-refractivity contribution >= 4 is 15.7 Å². The summed E-state index contributed by atoms with van der Waals surface area (Å²) in [6.07, 6.45) is 9.63. The molecule has 1 aromatic rings. The summed E-state index contributed by atoms with van der Waals surface area (Å²) >= 11 is 0. The second-order valence-electron chi connectivity index (χ2n) is 5.79. The van der Waals surface area contributed by atoms with Gasteiger partial charge in [0, 0.05) is 18.8 Å². The molecule has 2 aliphatic rings. The highest BCUT2D eigenvalue weighted by molar-refractivity contribution is 7.89. The molecule has 0 saturated heterocycles. The van der Waals surface area contributed by atoms with Crippen molar-refractivity contribution in [3.05, 3.63) is 23.8 Å². The van der Waals surface area contributed by atoms with E-state index in [1.54, 1.807) is 12.1 Å². The Labute approximate surface area is 126 Å². The van der Waals surface area contributed by atoms with Gasteiger partial charge in [0.05, 0.1) is 11.4 Å². The second-order valence-corrected chi connectivity index (χ2v) is 7.73. The van der Waals surface area contributed by atoms with Crippen LogP contribution in [0, 0.1) is 18.3 Å². The van der Waals surface area contributed by atoms with Gasteiger partial charge in [-0.1, -0.05) is 12.0 Å². The molecular weight excluding hydrogens is 284 g/mol. The fourth-order valence-electron chi connectivity index (χ4n) is 2.69. The van der Waals surface area contributed by atoms with Crippen molar-refractivity contribution in [3.8, 4) is 12.3 Å². The van der Waals surface area contributed by atoms with Crippen molar-refractivity contribution in [2.75, 3.05) is 25.0 Å². The first kappa shape index (κ1) is 14.4. The van der Waals surface area contributed by atoms with Crippen LogP contribution in [-0.4, -0.2) is 32.4 Å². The third-order valence-electron chi connectivity index (χ3n) is 4.08. The highest BCUT2D eigenvalue weighted by atomic mass is 32.2. The summed E-state index contributed by atoms with van der Waals surface area (Å²) < 4.78 is 27.0. The number of nitrogens with zero attached hydrogens (tertiary/aromatic N) is 1. The number of rotatable bonds is 5. The minimum atomic E-state index is -3.50. The predicted octanol–water partition coefficient (Wildman–Crippen LogP) is 2.08. The Morgan fingerprint density at radius 2 is 2.19 bits per heavy atom. The molecule has 0 bridgehead atoms. The minimum Gasteiger partial charge on any atom is -0.385 e. The molecule has 0 aromatic heterocycles. The number of terminal acetylenes is 1. The third-order valence-corrected chi connectivity index (χ3v) is 5.89. The summed E-state index contributed by atoms with van der Waals surface area (Å²) in [6, 6.07) is 5.37. The molecule has 1 aromatic carbocycles. The Morgan fingerprint density at radius 3 is 2.90 bits per heavy atom. The molecule has 0 amide bonds. The molecule has 1 saturated carbocycles. The van der Waals surface area contributed by atoms with Gasteiger partial charge in [-0.05, 0) is 49.3 Å². The molecular formula is C16H20N2O2S. The van der Waals surface area contributed by atoms with E-state index in [1.165, 1.54) is 9.87 Å². The van der Waals surface area contributed by atoms with Crippen LogP contribution in [0.15, 0.2) is 23.1 Å². The molecule has 1 aliphatic carbocycles. The maximum Gasteiger partial charge on any atom is 0.244 e. The van der Waals surface area contributed by atoms with Crippen LogP contribution in [0.4, 0.5) is 5.69 Å². The smallest absolute Gasteiger partial charge is 0.244 e. The number of anilines is 1. The van der Waals surface area contributed by atoms with E-state index in [0.29, 0.717) is 17.4 Å². The third kappa shape index (κ3) is 3.07. The number of fused-ring (bicyclic) bond motifs is 1. The van der Waals surface area contributed by atoms with Crippen LogP contribution in [0.3, 0.4) is 0 Å². The molecule has 5 heteroatoms. The number of hydrogen-bond donors (Lipinski definition) is 1. The summed E-state index contributed by atoms with van der Waals surface area (Å²) in [6.45, 7) is 1.58. The first-order valence-electron chi connectivity index (χ1n) is 7.41. The Morgan fingerprint density at radius 1 is 1.38 bits per heavy atom. The summed E-state index contributed by atoms with van der Waals surface area (Å²) in [5.41, 5.74) is 2.13. The SMILES string of the molecule is C#CCN(CC1CC1)S(=O)(=O)c1ccc2c(c1)NCCC2. The molecule has 0 spiro atoms. The molecule has 1 heterocycles. The van der Waals surface area contributed by atoms with E-state index in [4.69, 9.17) is 6.42 Å². The summed E-state index contributed by atoms with van der Waals surface area (Å²) in [5.74, 6) is 2.95. The van der Waals surface area contributed by atoms with Crippen LogP contribution in [0.1, 0.15) is 24.8 Å². The molecule has 4 nitrogen and oxygen atoms in total. The van der Waals surface area contributed by atoms with E-state index in [-0.39, 0.29) is 6.54 Å². The van der Waals surface area contributed by atoms with Gasteiger partial charge in [0.25, 0.3) is 0 Å². The average Bonchev–Trinajstić information content (AvgIpc) is 3.30. The van der Waals surface area contributed by atoms with E-state index >= 15 is 0 Å². The lowest BCUT2D eigenvalue weighted by molar-refractivity contribution is 0.430. The zero-order valence-electron chi connectivity index (χ0n) is 12.0. The van der Waals surface area contributed by atoms with Crippen molar-refractivity contribution in [1.82, 2.24) is 4.31 Å². The lowest BCUT2D eigenvalue weighted by Crippen LogP contribution is -2.33. The van der Waals surface area contributed by atoms with Gasteiger partial charge < -0.3 is 5.32 Å². The van der Waals surface area contributed by atoms with Crippen molar-refractivity contribution in [1.29, 1.82) is 0 Å². The quantitative estimate of drug-likeness (QED) is 0.847.